The Labute approximate surface area is 61.9 Å². The summed E-state index contributed by atoms with van der Waals surface area (Å²) in [6.45, 7) is 3.88. The summed E-state index contributed by atoms with van der Waals surface area (Å²) in [7, 11) is 0. The molecule has 0 saturated carbocycles. The maximum atomic E-state index is 9.30. The van der Waals surface area contributed by atoms with Crippen LogP contribution < -0.4 is 10.2 Å². The van der Waals surface area contributed by atoms with Crippen LogP contribution in [0, 0.1) is 0 Å². The summed E-state index contributed by atoms with van der Waals surface area (Å²) < 4.78 is 0. The molecular formula is C6H14O2Si+2. The first-order valence-corrected chi connectivity index (χ1v) is 2.99. The minimum atomic E-state index is 0. The van der Waals surface area contributed by atoms with Crippen molar-refractivity contribution in [3.8, 4) is 0 Å². The van der Waals surface area contributed by atoms with Crippen LogP contribution in [0.4, 0.5) is 0 Å². The normalized spacial score (nSPS) is 6.67. The van der Waals surface area contributed by atoms with Gasteiger partial charge >= 0.3 is 11.0 Å². The molecular weight excluding hydrogens is 132 g/mol. The van der Waals surface area contributed by atoms with Crippen molar-refractivity contribution in [2.45, 2.75) is 26.7 Å². The Balaban J connectivity index is -0.0000000720. The van der Waals surface area contributed by atoms with Crippen LogP contribution in [0.15, 0.2) is 0 Å². The maximum absolute atomic E-state index is 9.30. The summed E-state index contributed by atoms with van der Waals surface area (Å²) in [4.78, 5) is 0. The van der Waals surface area contributed by atoms with E-state index in [1.54, 1.807) is 0 Å². The topological polar surface area (TPSA) is 46.1 Å². The van der Waals surface area contributed by atoms with Crippen molar-refractivity contribution in [2.75, 3.05) is 13.2 Å². The molecule has 3 heteroatoms. The van der Waals surface area contributed by atoms with Gasteiger partial charge in [-0.05, 0) is 0 Å². The second-order valence-electron chi connectivity index (χ2n) is 1.41. The van der Waals surface area contributed by atoms with Gasteiger partial charge in [-0.3, -0.25) is 0 Å². The molecule has 0 spiro atoms. The molecule has 0 radical (unpaired) electrons. The Kier molecular flexibility index (Phi) is 43.2. The third-order valence-electron chi connectivity index (χ3n) is 0.408. The first-order chi connectivity index (χ1) is 3.83. The molecule has 0 N–H and O–H groups in total. The standard InChI is InChI=1S/2C3H7O.Si/c2*1-2-3-4;/h2*2-3H2,1H3;/q2*-1;+4. The van der Waals surface area contributed by atoms with Crippen molar-refractivity contribution in [1.82, 2.24) is 0 Å². The van der Waals surface area contributed by atoms with E-state index in [-0.39, 0.29) is 24.2 Å². The molecule has 0 aliphatic rings. The van der Waals surface area contributed by atoms with Gasteiger partial charge in [0.2, 0.25) is 0 Å². The number of hydrogen-bond acceptors (Lipinski definition) is 2. The largest absolute Gasteiger partial charge is 4.00 e. The average molecular weight is 146 g/mol. The van der Waals surface area contributed by atoms with E-state index >= 15 is 0 Å². The van der Waals surface area contributed by atoms with E-state index in [0.717, 1.165) is 12.8 Å². The summed E-state index contributed by atoms with van der Waals surface area (Å²) in [6, 6.07) is 0. The zero-order valence-corrected chi connectivity index (χ0v) is 7.14. The molecule has 2 nitrogen and oxygen atoms in total. The summed E-state index contributed by atoms with van der Waals surface area (Å²) in [5, 5.41) is 18.6. The molecule has 0 rings (SSSR count). The second-order valence-corrected chi connectivity index (χ2v) is 1.41. The van der Waals surface area contributed by atoms with Crippen LogP contribution in [0.25, 0.3) is 0 Å². The fraction of sp³-hybridized carbons (Fsp3) is 1.00. The van der Waals surface area contributed by atoms with Crippen LogP contribution >= 0.6 is 0 Å². The van der Waals surface area contributed by atoms with E-state index in [1.807, 2.05) is 13.8 Å². The van der Waals surface area contributed by atoms with Gasteiger partial charge < -0.3 is 10.2 Å². The van der Waals surface area contributed by atoms with Gasteiger partial charge in [0.1, 0.15) is 0 Å². The van der Waals surface area contributed by atoms with Crippen molar-refractivity contribution < 1.29 is 10.2 Å². The second kappa shape index (κ2) is 24.2. The maximum Gasteiger partial charge on any atom is 4.00 e. The van der Waals surface area contributed by atoms with Gasteiger partial charge in [0.25, 0.3) is 0 Å². The molecule has 0 heterocycles. The van der Waals surface area contributed by atoms with Crippen molar-refractivity contribution in [2.24, 2.45) is 0 Å². The van der Waals surface area contributed by atoms with Crippen LogP contribution in [-0.4, -0.2) is 24.2 Å². The molecule has 0 fully saturated rings. The van der Waals surface area contributed by atoms with Crippen LogP contribution in [0.1, 0.15) is 26.7 Å². The number of hydrogen-bond donors (Lipinski definition) is 0. The first kappa shape index (κ1) is 16.1. The van der Waals surface area contributed by atoms with E-state index in [0.29, 0.717) is 0 Å². The molecule has 0 atom stereocenters. The predicted octanol–water partition coefficient (Wildman–Crippen LogP) is -0.867. The first-order valence-electron chi connectivity index (χ1n) is 2.99. The van der Waals surface area contributed by atoms with Crippen molar-refractivity contribution in [1.29, 1.82) is 0 Å². The van der Waals surface area contributed by atoms with Gasteiger partial charge in [-0.15, -0.1) is 13.2 Å². The molecule has 0 saturated heterocycles. The molecule has 0 amide bonds. The van der Waals surface area contributed by atoms with Gasteiger partial charge in [0.05, 0.1) is 0 Å². The quantitative estimate of drug-likeness (QED) is 0.476. The molecule has 9 heavy (non-hydrogen) atoms. The molecule has 0 aliphatic carbocycles. The van der Waals surface area contributed by atoms with E-state index in [1.165, 1.54) is 0 Å². The molecule has 0 bridgehead atoms. The Hall–Kier alpha value is 0.137. The Morgan fingerprint density at radius 2 is 1.00 bits per heavy atom. The summed E-state index contributed by atoms with van der Waals surface area (Å²) in [5.41, 5.74) is 0. The third-order valence-corrected chi connectivity index (χ3v) is 0.408. The van der Waals surface area contributed by atoms with Crippen molar-refractivity contribution in [3.63, 3.8) is 0 Å². The fourth-order valence-electron chi connectivity index (χ4n) is 0. The van der Waals surface area contributed by atoms with Gasteiger partial charge in [-0.25, -0.2) is 0 Å². The van der Waals surface area contributed by atoms with Gasteiger partial charge in [0.15, 0.2) is 0 Å². The molecule has 0 aromatic heterocycles. The van der Waals surface area contributed by atoms with Crippen molar-refractivity contribution in [3.05, 3.63) is 0 Å². The van der Waals surface area contributed by atoms with E-state index in [2.05, 4.69) is 0 Å². The molecule has 0 aromatic rings. The van der Waals surface area contributed by atoms with Gasteiger partial charge in [-0.1, -0.05) is 26.7 Å². The molecule has 0 unspecified atom stereocenters. The summed E-state index contributed by atoms with van der Waals surface area (Å²) in [6.07, 6.45) is 1.53. The Morgan fingerprint density at radius 3 is 1.00 bits per heavy atom. The van der Waals surface area contributed by atoms with Crippen molar-refractivity contribution >= 4 is 11.0 Å². The minimum Gasteiger partial charge on any atom is -0.854 e. The monoisotopic (exact) mass is 146 g/mol. The predicted molar refractivity (Wildman–Crippen MR) is 36.1 cm³/mol. The number of rotatable bonds is 2. The Morgan fingerprint density at radius 1 is 0.889 bits per heavy atom. The van der Waals surface area contributed by atoms with Crippen LogP contribution in [0.5, 0.6) is 0 Å². The van der Waals surface area contributed by atoms with E-state index in [9.17, 15) is 10.2 Å². The SMILES string of the molecule is CCC[O-].CCC[O-].[Si+4]. The average Bonchev–Trinajstić information content (AvgIpc) is 1.88. The van der Waals surface area contributed by atoms with Crippen LogP contribution in [0.2, 0.25) is 0 Å². The molecule has 0 aliphatic heterocycles. The van der Waals surface area contributed by atoms with Gasteiger partial charge in [0, 0.05) is 0 Å². The molecule has 52 valence electrons. The fourth-order valence-corrected chi connectivity index (χ4v) is 0. The van der Waals surface area contributed by atoms with Gasteiger partial charge in [-0.2, -0.15) is 0 Å². The van der Waals surface area contributed by atoms with Crippen LogP contribution in [0.3, 0.4) is 0 Å². The zero-order valence-electron chi connectivity index (χ0n) is 6.14. The van der Waals surface area contributed by atoms with E-state index in [4.69, 9.17) is 0 Å². The van der Waals surface area contributed by atoms with E-state index < -0.39 is 0 Å². The molecule has 0 aromatic carbocycles. The minimum absolute atomic E-state index is 0. The smallest absolute Gasteiger partial charge is 0.854 e. The Bertz CT molecular complexity index is 19.0. The third kappa shape index (κ3) is 67.1. The zero-order chi connectivity index (χ0) is 6.83. The van der Waals surface area contributed by atoms with Crippen LogP contribution in [-0.2, 0) is 0 Å². The summed E-state index contributed by atoms with van der Waals surface area (Å²) in [5.74, 6) is 0. The summed E-state index contributed by atoms with van der Waals surface area (Å²) >= 11 is 0.